The van der Waals surface area contributed by atoms with Crippen LogP contribution in [0.2, 0.25) is 0 Å². The maximum atomic E-state index is 11.2. The van der Waals surface area contributed by atoms with Crippen LogP contribution >= 0.6 is 0 Å². The van der Waals surface area contributed by atoms with Gasteiger partial charge in [0.2, 0.25) is 0 Å². The fourth-order valence-corrected chi connectivity index (χ4v) is 3.09. The normalized spacial score (nSPS) is 11.5. The van der Waals surface area contributed by atoms with Gasteiger partial charge in [-0.05, 0) is 48.7 Å². The van der Waals surface area contributed by atoms with Crippen LogP contribution in [0.15, 0.2) is 48.5 Å². The number of benzene rings is 2. The number of carboxylic acid groups (broad SMARTS) is 1. The molecule has 152 valence electrons. The molecule has 0 aliphatic carbocycles. The van der Waals surface area contributed by atoms with Gasteiger partial charge in [-0.15, -0.1) is 0 Å². The number of carboxylic acids is 1. The Labute approximate surface area is 210 Å². The summed E-state index contributed by atoms with van der Waals surface area (Å²) in [5, 5.41) is 12.4. The van der Waals surface area contributed by atoms with Crippen LogP contribution in [0.3, 0.4) is 0 Å². The smallest absolute Gasteiger partial charge is 0.479 e. The van der Waals surface area contributed by atoms with Crippen molar-refractivity contribution in [3.63, 3.8) is 0 Å². The Morgan fingerprint density at radius 2 is 1.60 bits per heavy atom. The summed E-state index contributed by atoms with van der Waals surface area (Å²) < 4.78 is 32.2. The molecule has 2 aromatic carbocycles. The summed E-state index contributed by atoms with van der Waals surface area (Å²) in [6.45, 7) is 2.83. The van der Waals surface area contributed by atoms with Gasteiger partial charge < -0.3 is 19.3 Å². The summed E-state index contributed by atoms with van der Waals surface area (Å²) in [6, 6.07) is 14.5. The molecule has 0 heterocycles. The Bertz CT molecular complexity index is 873. The van der Waals surface area contributed by atoms with E-state index in [4.69, 9.17) is 14.0 Å². The second kappa shape index (κ2) is 14.1. The number of hydrogen-bond acceptors (Lipinski definition) is 6. The van der Waals surface area contributed by atoms with Crippen LogP contribution in [0.4, 0.5) is 5.69 Å². The first-order chi connectivity index (χ1) is 13.3. The summed E-state index contributed by atoms with van der Waals surface area (Å²) in [5.74, 6) is -0.668. The van der Waals surface area contributed by atoms with E-state index >= 15 is 0 Å². The van der Waals surface area contributed by atoms with Gasteiger partial charge in [0.25, 0.3) is 0 Å². The van der Waals surface area contributed by atoms with Crippen molar-refractivity contribution in [1.29, 1.82) is 0 Å². The van der Waals surface area contributed by atoms with Gasteiger partial charge in [-0.2, -0.15) is 8.42 Å². The molecule has 0 spiro atoms. The first-order valence-corrected chi connectivity index (χ1v) is 10.7. The Kier molecular flexibility index (Phi) is 13.6. The predicted molar refractivity (Wildman–Crippen MR) is 119 cm³/mol. The summed E-state index contributed by atoms with van der Waals surface area (Å²) in [6.07, 6.45) is 1.25. The zero-order valence-corrected chi connectivity index (χ0v) is 21.0. The van der Waals surface area contributed by atoms with Crippen molar-refractivity contribution < 1.29 is 27.2 Å². The van der Waals surface area contributed by atoms with Crippen LogP contribution in [0.25, 0.3) is 0 Å². The van der Waals surface area contributed by atoms with E-state index in [9.17, 15) is 13.2 Å². The van der Waals surface area contributed by atoms with E-state index in [0.29, 0.717) is 25.3 Å². The molecular weight excluding hydrogens is 431 g/mol. The van der Waals surface area contributed by atoms with Gasteiger partial charge in [-0.25, -0.2) is 4.79 Å². The van der Waals surface area contributed by atoms with Gasteiger partial charge in [0.05, 0.1) is 6.26 Å². The van der Waals surface area contributed by atoms with E-state index in [2.05, 4.69) is 5.32 Å². The topological polar surface area (TPSA) is 102 Å². The minimum atomic E-state index is -3.52. The first kappa shape index (κ1) is 29.0. The number of aliphatic carboxylic acids is 1. The third kappa shape index (κ3) is 10.8. The molecule has 30 heavy (non-hydrogen) atoms. The molecule has 0 fully saturated rings. The van der Waals surface area contributed by atoms with Gasteiger partial charge >= 0.3 is 62.2 Å². The molecule has 2 aromatic rings. The fraction of sp³-hybridized carbons (Fsp3) is 0.350. The molecule has 7 nitrogen and oxygen atoms in total. The van der Waals surface area contributed by atoms with Crippen molar-refractivity contribution in [3.8, 4) is 5.75 Å². The second-order valence-corrected chi connectivity index (χ2v) is 7.87. The summed E-state index contributed by atoms with van der Waals surface area (Å²) in [4.78, 5) is 11.2. The Morgan fingerprint density at radius 3 is 2.10 bits per heavy atom. The number of carbonyl (C=O) groups is 1. The Morgan fingerprint density at radius 1 is 1.03 bits per heavy atom. The molecule has 2 N–H and O–H groups in total. The number of hydrogen-bond donors (Lipinski definition) is 2. The monoisotopic (exact) mass is 455 g/mol. The van der Waals surface area contributed by atoms with Crippen LogP contribution in [0, 0.1) is 0 Å². The quantitative estimate of drug-likeness (QED) is 0.394. The van der Waals surface area contributed by atoms with Crippen molar-refractivity contribution >= 4 is 67.9 Å². The van der Waals surface area contributed by atoms with E-state index in [-0.39, 0.29) is 46.1 Å². The predicted octanol–water partition coefficient (Wildman–Crippen LogP) is 1.95. The summed E-state index contributed by atoms with van der Waals surface area (Å²) in [5.41, 5.74) is 2.88. The molecule has 0 aliphatic heterocycles. The Hall–Kier alpha value is -1.05. The minimum absolute atomic E-state index is 0. The second-order valence-electron chi connectivity index (χ2n) is 6.29. The van der Waals surface area contributed by atoms with Gasteiger partial charge in [-0.1, -0.05) is 24.3 Å². The summed E-state index contributed by atoms with van der Waals surface area (Å²) in [7, 11) is -3.52. The molecule has 0 amide bonds. The molecule has 1 atom stereocenters. The molecule has 10 heteroatoms. The number of nitrogens with one attached hydrogen (secondary N) is 1. The molecule has 0 radical (unpaired) electrons. The number of rotatable bonds is 11. The third-order valence-corrected chi connectivity index (χ3v) is 4.43. The van der Waals surface area contributed by atoms with E-state index in [1.807, 2.05) is 36.4 Å². The van der Waals surface area contributed by atoms with E-state index in [0.717, 1.165) is 29.5 Å². The Balaban J connectivity index is 0.00000420. The SMILES string of the molecule is CCO[C@@H](Cc1ccc(NCCc2ccc(OS(C)(=O)=O)cc2)cc1)C(=O)O.[Mg+2].[Mg+2]. The van der Waals surface area contributed by atoms with Gasteiger partial charge in [0, 0.05) is 25.3 Å². The van der Waals surface area contributed by atoms with Crippen LogP contribution in [-0.2, 0) is 32.5 Å². The largest absolute Gasteiger partial charge is 2.00 e. The van der Waals surface area contributed by atoms with Gasteiger partial charge in [-0.3, -0.25) is 0 Å². The number of anilines is 1. The van der Waals surface area contributed by atoms with Crippen LogP contribution in [-0.4, -0.2) is 91.1 Å². The van der Waals surface area contributed by atoms with Crippen molar-refractivity contribution in [1.82, 2.24) is 0 Å². The maximum absolute atomic E-state index is 11.2. The van der Waals surface area contributed by atoms with Crippen molar-refractivity contribution in [2.45, 2.75) is 25.9 Å². The van der Waals surface area contributed by atoms with E-state index in [1.165, 1.54) is 0 Å². The van der Waals surface area contributed by atoms with Gasteiger partial charge in [0.15, 0.2) is 6.10 Å². The molecule has 0 unspecified atom stereocenters. The first-order valence-electron chi connectivity index (χ1n) is 8.92. The molecule has 0 saturated heterocycles. The number of ether oxygens (including phenoxy) is 1. The molecule has 0 aromatic heterocycles. The molecule has 0 aliphatic rings. The molecule has 0 bridgehead atoms. The summed E-state index contributed by atoms with van der Waals surface area (Å²) >= 11 is 0. The molecular formula is C20H25Mg2NO6S+4. The standard InChI is InChI=1S/C20H25NO6S.2Mg/c1-3-26-19(20(22)23)14-16-4-8-17(9-5-16)21-13-12-15-6-10-18(11-7-15)27-28(2,24)25;;/h4-11,19,21H,3,12-14H2,1-2H3,(H,22,23);;/q;2*+2/t19-;;/m0../s1. The van der Waals surface area contributed by atoms with Crippen LogP contribution in [0.1, 0.15) is 18.1 Å². The van der Waals surface area contributed by atoms with Crippen molar-refractivity contribution in [2.75, 3.05) is 24.7 Å². The van der Waals surface area contributed by atoms with Crippen LogP contribution < -0.4 is 9.50 Å². The third-order valence-electron chi connectivity index (χ3n) is 3.93. The molecule has 2 rings (SSSR count). The van der Waals surface area contributed by atoms with Crippen LogP contribution in [0.5, 0.6) is 5.75 Å². The zero-order chi connectivity index (χ0) is 20.6. The average Bonchev–Trinajstić information content (AvgIpc) is 2.63. The zero-order valence-electron chi connectivity index (χ0n) is 17.3. The maximum Gasteiger partial charge on any atom is 2.00 e. The average molecular weight is 456 g/mol. The van der Waals surface area contributed by atoms with Crippen molar-refractivity contribution in [3.05, 3.63) is 59.7 Å². The van der Waals surface area contributed by atoms with E-state index in [1.54, 1.807) is 19.1 Å². The minimum Gasteiger partial charge on any atom is -0.479 e. The fourth-order valence-electron chi connectivity index (χ4n) is 2.63. The molecule has 0 saturated carbocycles. The van der Waals surface area contributed by atoms with Crippen molar-refractivity contribution in [2.24, 2.45) is 0 Å². The van der Waals surface area contributed by atoms with E-state index < -0.39 is 22.2 Å². The van der Waals surface area contributed by atoms with Gasteiger partial charge in [0.1, 0.15) is 5.75 Å².